The molecule has 0 aromatic carbocycles. The minimum atomic E-state index is -0.109. The molecule has 0 unspecified atom stereocenters. The largest absolute Gasteiger partial charge is 0.353 e. The zero-order valence-corrected chi connectivity index (χ0v) is 19.4. The number of hydrogen-bond donors (Lipinski definition) is 0. The van der Waals surface area contributed by atoms with Gasteiger partial charge in [-0.15, -0.1) is 0 Å². The van der Waals surface area contributed by atoms with Crippen molar-refractivity contribution in [2.75, 3.05) is 19.8 Å². The Kier molecular flexibility index (Phi) is 24.0. The van der Waals surface area contributed by atoms with Crippen molar-refractivity contribution < 1.29 is 9.47 Å². The van der Waals surface area contributed by atoms with Gasteiger partial charge < -0.3 is 14.3 Å². The fourth-order valence-corrected chi connectivity index (χ4v) is 3.04. The molecule has 0 rings (SSSR count). The van der Waals surface area contributed by atoms with E-state index < -0.39 is 0 Å². The van der Waals surface area contributed by atoms with Gasteiger partial charge in [-0.3, -0.25) is 0 Å². The Balaban J connectivity index is 3.86. The van der Waals surface area contributed by atoms with Crippen LogP contribution in [0.15, 0.2) is 24.3 Å². The number of unbranched alkanes of at least 4 members (excludes halogenated alkanes) is 9. The third kappa shape index (κ3) is 23.0. The molecule has 0 atom stereocenters. The molecule has 168 valence electrons. The Morgan fingerprint density at radius 2 is 1.14 bits per heavy atom. The Hall–Kier alpha value is -1.11. The molecule has 3 nitrogen and oxygen atoms in total. The standard InChI is InChI=1S/C26H47NO2/c1-4-6-8-10-12-14-16-20-24-28-26(22-18-19-23-27-3)29-25-21-17-15-13-11-9-7-5-2/h12-15,26H,4-11,16-25H2,1-2H3/b14-12-,15-13-. The van der Waals surface area contributed by atoms with Crippen molar-refractivity contribution >= 4 is 0 Å². The molecule has 0 N–H and O–H groups in total. The SMILES string of the molecule is [C-]#[N+]CCCCC(OCCC/C=C\CCCCC)OCCC/C=C\CCCCC. The Morgan fingerprint density at radius 3 is 1.59 bits per heavy atom. The summed E-state index contributed by atoms with van der Waals surface area (Å²) < 4.78 is 12.0. The van der Waals surface area contributed by atoms with Crippen molar-refractivity contribution in [2.45, 2.75) is 116 Å². The monoisotopic (exact) mass is 405 g/mol. The van der Waals surface area contributed by atoms with Crippen LogP contribution in [0.5, 0.6) is 0 Å². The summed E-state index contributed by atoms with van der Waals surface area (Å²) >= 11 is 0. The van der Waals surface area contributed by atoms with Crippen LogP contribution in [0.4, 0.5) is 0 Å². The van der Waals surface area contributed by atoms with E-state index in [1.165, 1.54) is 51.4 Å². The molecule has 0 amide bonds. The first-order chi connectivity index (χ1) is 14.3. The Morgan fingerprint density at radius 1 is 0.655 bits per heavy atom. The van der Waals surface area contributed by atoms with Gasteiger partial charge in [0.15, 0.2) is 6.29 Å². The summed E-state index contributed by atoms with van der Waals surface area (Å²) in [5.41, 5.74) is 0. The van der Waals surface area contributed by atoms with Crippen LogP contribution >= 0.6 is 0 Å². The van der Waals surface area contributed by atoms with Gasteiger partial charge >= 0.3 is 0 Å². The fraction of sp³-hybridized carbons (Fsp3) is 0.808. The van der Waals surface area contributed by atoms with Crippen LogP contribution < -0.4 is 0 Å². The minimum absolute atomic E-state index is 0.109. The highest BCUT2D eigenvalue weighted by Crippen LogP contribution is 2.10. The lowest BCUT2D eigenvalue weighted by Crippen LogP contribution is -2.19. The summed E-state index contributed by atoms with van der Waals surface area (Å²) in [4.78, 5) is 3.43. The Bertz CT molecular complexity index is 383. The van der Waals surface area contributed by atoms with Crippen molar-refractivity contribution in [2.24, 2.45) is 0 Å². The van der Waals surface area contributed by atoms with Crippen molar-refractivity contribution in [3.05, 3.63) is 35.7 Å². The molecule has 0 bridgehead atoms. The number of ether oxygens (including phenoxy) is 2. The van der Waals surface area contributed by atoms with Crippen LogP contribution in [0.1, 0.15) is 110 Å². The lowest BCUT2D eigenvalue weighted by molar-refractivity contribution is -0.147. The molecular weight excluding hydrogens is 358 g/mol. The molecule has 0 fully saturated rings. The summed E-state index contributed by atoms with van der Waals surface area (Å²) in [6, 6.07) is 0. The van der Waals surface area contributed by atoms with Crippen LogP contribution in [0.25, 0.3) is 4.85 Å². The summed E-state index contributed by atoms with van der Waals surface area (Å²) in [5, 5.41) is 0. The van der Waals surface area contributed by atoms with Gasteiger partial charge in [-0.2, -0.15) is 0 Å². The summed E-state index contributed by atoms with van der Waals surface area (Å²) in [6.45, 7) is 13.5. The molecular formula is C26H47NO2. The fourth-order valence-electron chi connectivity index (χ4n) is 3.04. The van der Waals surface area contributed by atoms with E-state index in [0.29, 0.717) is 6.54 Å². The molecule has 29 heavy (non-hydrogen) atoms. The second kappa shape index (κ2) is 24.9. The van der Waals surface area contributed by atoms with Crippen LogP contribution in [-0.2, 0) is 9.47 Å². The van der Waals surface area contributed by atoms with Crippen molar-refractivity contribution in [1.29, 1.82) is 0 Å². The van der Waals surface area contributed by atoms with Crippen molar-refractivity contribution in [1.82, 2.24) is 0 Å². The summed E-state index contributed by atoms with van der Waals surface area (Å²) in [7, 11) is 0. The normalized spacial score (nSPS) is 11.8. The molecule has 0 aliphatic carbocycles. The Labute approximate surface area is 181 Å². The summed E-state index contributed by atoms with van der Waals surface area (Å²) in [5.74, 6) is 0. The van der Waals surface area contributed by atoms with Crippen LogP contribution in [0.3, 0.4) is 0 Å². The van der Waals surface area contributed by atoms with Crippen molar-refractivity contribution in [3.63, 3.8) is 0 Å². The predicted octanol–water partition coefficient (Wildman–Crippen LogP) is 8.27. The first-order valence-electron chi connectivity index (χ1n) is 12.2. The van der Waals surface area contributed by atoms with E-state index in [-0.39, 0.29) is 6.29 Å². The van der Waals surface area contributed by atoms with Gasteiger partial charge in [0.25, 0.3) is 0 Å². The van der Waals surface area contributed by atoms with Crippen LogP contribution in [-0.4, -0.2) is 26.0 Å². The number of hydrogen-bond acceptors (Lipinski definition) is 2. The van der Waals surface area contributed by atoms with Crippen LogP contribution in [0, 0.1) is 6.57 Å². The number of nitrogens with zero attached hydrogens (tertiary/aromatic N) is 1. The third-order valence-electron chi connectivity index (χ3n) is 4.88. The smallest absolute Gasteiger partial charge is 0.214 e. The molecule has 0 radical (unpaired) electrons. The second-order valence-electron chi connectivity index (χ2n) is 7.77. The lowest BCUT2D eigenvalue weighted by atomic mass is 10.2. The van der Waals surface area contributed by atoms with Gasteiger partial charge in [-0.1, -0.05) is 63.8 Å². The molecule has 0 saturated carbocycles. The molecule has 0 saturated heterocycles. The minimum Gasteiger partial charge on any atom is -0.353 e. The van der Waals surface area contributed by atoms with Gasteiger partial charge in [0, 0.05) is 6.42 Å². The highest BCUT2D eigenvalue weighted by Gasteiger charge is 2.09. The molecule has 0 aliphatic rings. The molecule has 0 heterocycles. The number of rotatable bonds is 22. The molecule has 0 aromatic rings. The molecule has 0 aliphatic heterocycles. The first-order valence-corrected chi connectivity index (χ1v) is 12.2. The van der Waals surface area contributed by atoms with Gasteiger partial charge in [-0.25, -0.2) is 6.57 Å². The van der Waals surface area contributed by atoms with E-state index in [1.54, 1.807) is 0 Å². The van der Waals surface area contributed by atoms with E-state index in [1.807, 2.05) is 0 Å². The topological polar surface area (TPSA) is 22.8 Å². The van der Waals surface area contributed by atoms with Crippen molar-refractivity contribution in [3.8, 4) is 0 Å². The highest BCUT2D eigenvalue weighted by atomic mass is 16.7. The van der Waals surface area contributed by atoms with Gasteiger partial charge in [0.2, 0.25) is 6.54 Å². The van der Waals surface area contributed by atoms with E-state index in [4.69, 9.17) is 16.0 Å². The molecule has 0 aromatic heterocycles. The van der Waals surface area contributed by atoms with Gasteiger partial charge in [0.1, 0.15) is 0 Å². The maximum atomic E-state index is 6.89. The maximum absolute atomic E-state index is 6.89. The average Bonchev–Trinajstić information content (AvgIpc) is 2.73. The van der Waals surface area contributed by atoms with E-state index >= 15 is 0 Å². The number of allylic oxidation sites excluding steroid dienone is 4. The molecule has 3 heteroatoms. The van der Waals surface area contributed by atoms with Crippen LogP contribution in [0.2, 0.25) is 0 Å². The highest BCUT2D eigenvalue weighted by molar-refractivity contribution is 4.82. The average molecular weight is 406 g/mol. The second-order valence-corrected chi connectivity index (χ2v) is 7.77. The zero-order chi connectivity index (χ0) is 21.3. The maximum Gasteiger partial charge on any atom is 0.214 e. The summed E-state index contributed by atoms with van der Waals surface area (Å²) in [6.07, 6.45) is 26.4. The predicted molar refractivity (Wildman–Crippen MR) is 126 cm³/mol. The quantitative estimate of drug-likeness (QED) is 0.0782. The first kappa shape index (κ1) is 27.9. The molecule has 0 spiro atoms. The van der Waals surface area contributed by atoms with E-state index in [9.17, 15) is 0 Å². The van der Waals surface area contributed by atoms with Gasteiger partial charge in [-0.05, 0) is 64.2 Å². The lowest BCUT2D eigenvalue weighted by Gasteiger charge is -2.18. The van der Waals surface area contributed by atoms with E-state index in [2.05, 4.69) is 43.0 Å². The zero-order valence-electron chi connectivity index (χ0n) is 19.4. The van der Waals surface area contributed by atoms with E-state index in [0.717, 1.165) is 58.2 Å². The van der Waals surface area contributed by atoms with Gasteiger partial charge in [0.05, 0.1) is 13.2 Å². The third-order valence-corrected chi connectivity index (χ3v) is 4.88.